The van der Waals surface area contributed by atoms with Crippen molar-refractivity contribution >= 4 is 45.0 Å². The van der Waals surface area contributed by atoms with Crippen molar-refractivity contribution in [3.8, 4) is 0 Å². The number of hydrogen-bond donors (Lipinski definition) is 1. The van der Waals surface area contributed by atoms with Gasteiger partial charge in [-0.15, -0.1) is 11.3 Å². The van der Waals surface area contributed by atoms with Crippen molar-refractivity contribution in [3.05, 3.63) is 79.6 Å². The number of nitrogens with zero attached hydrogens (tertiary/aromatic N) is 2. The van der Waals surface area contributed by atoms with Crippen molar-refractivity contribution in [2.75, 3.05) is 11.9 Å². The summed E-state index contributed by atoms with van der Waals surface area (Å²) in [5, 5.41) is 3.47. The molecule has 0 bridgehead atoms. The summed E-state index contributed by atoms with van der Waals surface area (Å²) in [4.78, 5) is 20.7. The Morgan fingerprint density at radius 2 is 2.07 bits per heavy atom. The lowest BCUT2D eigenvalue weighted by Crippen LogP contribution is -2.29. The lowest BCUT2D eigenvalue weighted by Gasteiger charge is -2.25. The highest BCUT2D eigenvalue weighted by Crippen LogP contribution is 2.29. The summed E-state index contributed by atoms with van der Waals surface area (Å²) in [5.41, 5.74) is 2.81. The first kappa shape index (κ1) is 18.5. The zero-order chi connectivity index (χ0) is 18.8. The summed E-state index contributed by atoms with van der Waals surface area (Å²) in [7, 11) is 0. The predicted octanol–water partition coefficient (Wildman–Crippen LogP) is 4.70. The minimum atomic E-state index is -0.348. The van der Waals surface area contributed by atoms with Crippen LogP contribution in [0, 0.1) is 9.39 Å². The normalized spacial score (nSPS) is 14.0. The van der Waals surface area contributed by atoms with Crippen molar-refractivity contribution in [1.82, 2.24) is 9.88 Å². The minimum absolute atomic E-state index is 0.258. The molecule has 1 aliphatic heterocycles. The van der Waals surface area contributed by atoms with E-state index in [4.69, 9.17) is 0 Å². The SMILES string of the molecule is O=C(Nc1nc2c(s1)CN(Cc1ccccc1)CC2)c1ccc(F)cc1I. The summed E-state index contributed by atoms with van der Waals surface area (Å²) in [6.07, 6.45) is 0.878. The minimum Gasteiger partial charge on any atom is -0.298 e. The van der Waals surface area contributed by atoms with Gasteiger partial charge in [0.15, 0.2) is 5.13 Å². The third kappa shape index (κ3) is 4.36. The van der Waals surface area contributed by atoms with Gasteiger partial charge in [-0.3, -0.25) is 15.0 Å². The molecule has 0 aliphatic carbocycles. The highest BCUT2D eigenvalue weighted by Gasteiger charge is 2.22. The second-order valence-electron chi connectivity index (χ2n) is 6.41. The smallest absolute Gasteiger partial charge is 0.258 e. The van der Waals surface area contributed by atoms with Crippen LogP contribution in [0.5, 0.6) is 0 Å². The molecule has 0 unspecified atom stereocenters. The number of carbonyl (C=O) groups excluding carboxylic acids is 1. The molecular formula is C20H17FIN3OS. The van der Waals surface area contributed by atoms with Gasteiger partial charge in [0.1, 0.15) is 5.82 Å². The largest absolute Gasteiger partial charge is 0.298 e. The van der Waals surface area contributed by atoms with E-state index >= 15 is 0 Å². The third-order valence-electron chi connectivity index (χ3n) is 4.46. The Bertz CT molecular complexity index is 977. The number of fused-ring (bicyclic) bond motifs is 1. The number of rotatable bonds is 4. The van der Waals surface area contributed by atoms with E-state index in [1.165, 1.54) is 40.0 Å². The van der Waals surface area contributed by atoms with Crippen LogP contribution in [-0.2, 0) is 19.5 Å². The monoisotopic (exact) mass is 493 g/mol. The molecule has 27 heavy (non-hydrogen) atoms. The first-order valence-corrected chi connectivity index (χ1v) is 10.5. The van der Waals surface area contributed by atoms with E-state index in [-0.39, 0.29) is 11.7 Å². The number of nitrogens with one attached hydrogen (secondary N) is 1. The number of thiazole rings is 1. The van der Waals surface area contributed by atoms with Crippen molar-refractivity contribution in [2.45, 2.75) is 19.5 Å². The first-order chi connectivity index (χ1) is 13.1. The molecule has 3 aromatic rings. The predicted molar refractivity (Wildman–Crippen MR) is 113 cm³/mol. The van der Waals surface area contributed by atoms with E-state index in [0.29, 0.717) is 14.3 Å². The molecule has 0 saturated carbocycles. The molecule has 1 aromatic heterocycles. The molecule has 0 radical (unpaired) electrons. The van der Waals surface area contributed by atoms with E-state index in [2.05, 4.69) is 39.5 Å². The van der Waals surface area contributed by atoms with Crippen molar-refractivity contribution in [1.29, 1.82) is 0 Å². The molecule has 0 spiro atoms. The Morgan fingerprint density at radius 1 is 1.26 bits per heavy atom. The van der Waals surface area contributed by atoms with Crippen LogP contribution in [0.15, 0.2) is 48.5 Å². The zero-order valence-electron chi connectivity index (χ0n) is 14.4. The maximum absolute atomic E-state index is 13.2. The van der Waals surface area contributed by atoms with Gasteiger partial charge in [-0.2, -0.15) is 0 Å². The van der Waals surface area contributed by atoms with Gasteiger partial charge in [0.25, 0.3) is 5.91 Å². The van der Waals surface area contributed by atoms with Crippen LogP contribution in [0.2, 0.25) is 0 Å². The van der Waals surface area contributed by atoms with E-state index in [9.17, 15) is 9.18 Å². The van der Waals surface area contributed by atoms with Crippen molar-refractivity contribution in [2.24, 2.45) is 0 Å². The van der Waals surface area contributed by atoms with Gasteiger partial charge in [0.2, 0.25) is 0 Å². The van der Waals surface area contributed by atoms with Crippen LogP contribution >= 0.6 is 33.9 Å². The number of amides is 1. The number of benzene rings is 2. The van der Waals surface area contributed by atoms with Gasteiger partial charge < -0.3 is 0 Å². The molecule has 0 atom stereocenters. The molecular weight excluding hydrogens is 476 g/mol. The fourth-order valence-electron chi connectivity index (χ4n) is 3.12. The van der Waals surface area contributed by atoms with Crippen molar-refractivity contribution < 1.29 is 9.18 Å². The van der Waals surface area contributed by atoms with Gasteiger partial charge in [0.05, 0.1) is 11.3 Å². The molecule has 1 aliphatic rings. The molecule has 1 amide bonds. The topological polar surface area (TPSA) is 45.2 Å². The molecule has 1 N–H and O–H groups in total. The van der Waals surface area contributed by atoms with E-state index in [1.54, 1.807) is 0 Å². The Morgan fingerprint density at radius 3 is 2.85 bits per heavy atom. The van der Waals surface area contributed by atoms with E-state index < -0.39 is 0 Å². The average Bonchev–Trinajstić information content (AvgIpc) is 3.04. The maximum atomic E-state index is 13.2. The van der Waals surface area contributed by atoms with Crippen LogP contribution in [0.3, 0.4) is 0 Å². The Balaban J connectivity index is 1.44. The van der Waals surface area contributed by atoms with Crippen LogP contribution < -0.4 is 5.32 Å². The summed E-state index contributed by atoms with van der Waals surface area (Å²) in [6.45, 7) is 2.70. The zero-order valence-corrected chi connectivity index (χ0v) is 17.4. The van der Waals surface area contributed by atoms with Gasteiger partial charge in [0, 0.05) is 34.5 Å². The second kappa shape index (κ2) is 8.04. The standard InChI is InChI=1S/C20H17FIN3OS/c21-14-6-7-15(16(22)10-14)19(26)24-20-23-17-8-9-25(12-18(17)27-20)11-13-4-2-1-3-5-13/h1-7,10H,8-9,11-12H2,(H,23,24,26). The summed E-state index contributed by atoms with van der Waals surface area (Å²) < 4.78 is 13.8. The fourth-order valence-corrected chi connectivity index (χ4v) is 4.88. The highest BCUT2D eigenvalue weighted by atomic mass is 127. The second-order valence-corrected chi connectivity index (χ2v) is 8.66. The molecule has 7 heteroatoms. The number of halogens is 2. The first-order valence-electron chi connectivity index (χ1n) is 8.60. The summed E-state index contributed by atoms with van der Waals surface area (Å²) >= 11 is 3.49. The van der Waals surface area contributed by atoms with Crippen LogP contribution in [0.25, 0.3) is 0 Å². The van der Waals surface area contributed by atoms with Gasteiger partial charge in [-0.25, -0.2) is 9.37 Å². The maximum Gasteiger partial charge on any atom is 0.258 e. The molecule has 2 aromatic carbocycles. The fraction of sp³-hybridized carbons (Fsp3) is 0.200. The Labute approximate surface area is 174 Å². The molecule has 4 nitrogen and oxygen atoms in total. The summed E-state index contributed by atoms with van der Waals surface area (Å²) in [6, 6.07) is 14.6. The van der Waals surface area contributed by atoms with E-state index in [0.717, 1.165) is 31.7 Å². The average molecular weight is 493 g/mol. The van der Waals surface area contributed by atoms with Gasteiger partial charge in [-0.05, 0) is 46.4 Å². The van der Waals surface area contributed by atoms with Gasteiger partial charge in [-0.1, -0.05) is 30.3 Å². The van der Waals surface area contributed by atoms with E-state index in [1.807, 2.05) is 28.7 Å². The quantitative estimate of drug-likeness (QED) is 0.537. The number of carbonyl (C=O) groups is 1. The highest BCUT2D eigenvalue weighted by molar-refractivity contribution is 14.1. The summed E-state index contributed by atoms with van der Waals surface area (Å²) in [5.74, 6) is -0.606. The van der Waals surface area contributed by atoms with Crippen molar-refractivity contribution in [3.63, 3.8) is 0 Å². The molecule has 0 saturated heterocycles. The lowest BCUT2D eigenvalue weighted by molar-refractivity contribution is 0.102. The van der Waals surface area contributed by atoms with Crippen LogP contribution in [0.4, 0.5) is 9.52 Å². The molecule has 4 rings (SSSR count). The Hall–Kier alpha value is -1.84. The lowest BCUT2D eigenvalue weighted by atomic mass is 10.1. The molecule has 0 fully saturated rings. The van der Waals surface area contributed by atoms with Crippen LogP contribution in [0.1, 0.15) is 26.5 Å². The molecule has 2 heterocycles. The van der Waals surface area contributed by atoms with Gasteiger partial charge >= 0.3 is 0 Å². The third-order valence-corrected chi connectivity index (χ3v) is 6.35. The number of aromatic nitrogens is 1. The Kier molecular flexibility index (Phi) is 5.51. The number of anilines is 1. The molecule has 138 valence electrons. The number of hydrogen-bond acceptors (Lipinski definition) is 4. The van der Waals surface area contributed by atoms with Crippen LogP contribution in [-0.4, -0.2) is 22.3 Å².